The van der Waals surface area contributed by atoms with Crippen LogP contribution in [0.4, 0.5) is 8.78 Å². The molecule has 0 saturated heterocycles. The van der Waals surface area contributed by atoms with Gasteiger partial charge in [-0.25, -0.2) is 8.78 Å². The molecular weight excluding hydrogens is 342 g/mol. The third kappa shape index (κ3) is 3.09. The summed E-state index contributed by atoms with van der Waals surface area (Å²) in [4.78, 5) is 0. The van der Waals surface area contributed by atoms with E-state index in [1.54, 1.807) is 6.07 Å². The molecular formula is C16H13BrF2O2. The monoisotopic (exact) mass is 354 g/mol. The fourth-order valence-electron chi connectivity index (χ4n) is 2.55. The first kappa shape index (κ1) is 14.5. The molecule has 0 unspecified atom stereocenters. The van der Waals surface area contributed by atoms with Crippen LogP contribution < -0.4 is 4.74 Å². The number of hydrogen-bond acceptors (Lipinski definition) is 2. The van der Waals surface area contributed by atoms with E-state index in [4.69, 9.17) is 4.74 Å². The topological polar surface area (TPSA) is 29.5 Å². The second-order valence-corrected chi connectivity index (χ2v) is 6.04. The molecule has 0 spiro atoms. The van der Waals surface area contributed by atoms with Crippen LogP contribution in [0.5, 0.6) is 5.75 Å². The Morgan fingerprint density at radius 2 is 1.95 bits per heavy atom. The maximum atomic E-state index is 13.2. The number of aliphatic hydroxyl groups excluding tert-OH is 1. The summed E-state index contributed by atoms with van der Waals surface area (Å²) >= 11 is 3.36. The van der Waals surface area contributed by atoms with Crippen molar-refractivity contribution >= 4 is 15.9 Å². The number of ether oxygens (including phenoxy) is 1. The van der Waals surface area contributed by atoms with Crippen molar-refractivity contribution in [3.8, 4) is 5.75 Å². The van der Waals surface area contributed by atoms with E-state index in [1.807, 2.05) is 12.1 Å². The lowest BCUT2D eigenvalue weighted by molar-refractivity contribution is 0.0661. The molecule has 21 heavy (non-hydrogen) atoms. The molecule has 1 N–H and O–H groups in total. The van der Waals surface area contributed by atoms with Crippen LogP contribution >= 0.6 is 15.9 Å². The highest BCUT2D eigenvalue weighted by Crippen LogP contribution is 2.37. The minimum absolute atomic E-state index is 0.265. The molecule has 2 aromatic carbocycles. The molecule has 0 saturated carbocycles. The molecule has 1 aliphatic heterocycles. The maximum absolute atomic E-state index is 13.2. The zero-order valence-corrected chi connectivity index (χ0v) is 12.6. The standard InChI is InChI=1S/C16H13BrF2O2/c17-10-2-4-16-12(7-10)15(20)8-11(21-16)5-9-1-3-13(18)14(19)6-9/h1-4,6-7,11,15,20H,5,8H2/t11-,15+/m0/s1. The second kappa shape index (κ2) is 5.73. The molecule has 5 heteroatoms. The van der Waals surface area contributed by atoms with Crippen molar-refractivity contribution in [1.82, 2.24) is 0 Å². The van der Waals surface area contributed by atoms with Gasteiger partial charge < -0.3 is 9.84 Å². The fourth-order valence-corrected chi connectivity index (χ4v) is 2.92. The summed E-state index contributed by atoms with van der Waals surface area (Å²) in [7, 11) is 0. The molecule has 2 nitrogen and oxygen atoms in total. The van der Waals surface area contributed by atoms with Crippen molar-refractivity contribution in [2.45, 2.75) is 25.0 Å². The van der Waals surface area contributed by atoms with Crippen LogP contribution in [-0.4, -0.2) is 11.2 Å². The average Bonchev–Trinajstić information content (AvgIpc) is 2.44. The van der Waals surface area contributed by atoms with E-state index in [0.29, 0.717) is 24.2 Å². The fraction of sp³-hybridized carbons (Fsp3) is 0.250. The summed E-state index contributed by atoms with van der Waals surface area (Å²) in [5, 5.41) is 10.2. The van der Waals surface area contributed by atoms with Crippen LogP contribution in [0.2, 0.25) is 0 Å². The van der Waals surface area contributed by atoms with E-state index in [9.17, 15) is 13.9 Å². The number of hydrogen-bond donors (Lipinski definition) is 1. The normalized spacial score (nSPS) is 20.8. The maximum Gasteiger partial charge on any atom is 0.159 e. The van der Waals surface area contributed by atoms with Crippen LogP contribution in [0.15, 0.2) is 40.9 Å². The Morgan fingerprint density at radius 3 is 2.71 bits per heavy atom. The van der Waals surface area contributed by atoms with E-state index in [2.05, 4.69) is 15.9 Å². The van der Waals surface area contributed by atoms with E-state index in [0.717, 1.165) is 16.1 Å². The Bertz CT molecular complexity index is 675. The smallest absolute Gasteiger partial charge is 0.159 e. The Labute approximate surface area is 129 Å². The van der Waals surface area contributed by atoms with E-state index < -0.39 is 17.7 Å². The minimum atomic E-state index is -0.867. The van der Waals surface area contributed by atoms with Crippen molar-refractivity contribution in [2.75, 3.05) is 0 Å². The van der Waals surface area contributed by atoms with Gasteiger partial charge in [0.2, 0.25) is 0 Å². The average molecular weight is 355 g/mol. The van der Waals surface area contributed by atoms with Crippen molar-refractivity contribution in [1.29, 1.82) is 0 Å². The highest BCUT2D eigenvalue weighted by atomic mass is 79.9. The molecule has 2 atom stereocenters. The molecule has 3 rings (SSSR count). The highest BCUT2D eigenvalue weighted by Gasteiger charge is 2.27. The molecule has 0 bridgehead atoms. The lowest BCUT2D eigenvalue weighted by Crippen LogP contribution is -2.27. The van der Waals surface area contributed by atoms with Gasteiger partial charge in [-0.15, -0.1) is 0 Å². The molecule has 0 amide bonds. The quantitative estimate of drug-likeness (QED) is 0.877. The van der Waals surface area contributed by atoms with E-state index >= 15 is 0 Å². The zero-order valence-electron chi connectivity index (χ0n) is 11.0. The number of fused-ring (bicyclic) bond motifs is 1. The molecule has 0 fully saturated rings. The van der Waals surface area contributed by atoms with Gasteiger partial charge >= 0.3 is 0 Å². The summed E-state index contributed by atoms with van der Waals surface area (Å²) < 4.78 is 32.9. The minimum Gasteiger partial charge on any atom is -0.490 e. The lowest BCUT2D eigenvalue weighted by atomic mass is 9.95. The first-order chi connectivity index (χ1) is 10.0. The van der Waals surface area contributed by atoms with Gasteiger partial charge in [-0.3, -0.25) is 0 Å². The summed E-state index contributed by atoms with van der Waals surface area (Å²) in [6.45, 7) is 0. The predicted octanol–water partition coefficient (Wildman–Crippen LogP) is 4.15. The molecule has 1 aliphatic rings. The largest absolute Gasteiger partial charge is 0.490 e. The summed E-state index contributed by atoms with van der Waals surface area (Å²) in [6.07, 6.45) is -0.0493. The third-order valence-corrected chi connectivity index (χ3v) is 4.05. The molecule has 2 aromatic rings. The summed E-state index contributed by atoms with van der Waals surface area (Å²) in [5.41, 5.74) is 1.39. The van der Waals surface area contributed by atoms with Crippen molar-refractivity contribution < 1.29 is 18.6 Å². The second-order valence-electron chi connectivity index (χ2n) is 5.13. The molecule has 0 radical (unpaired) electrons. The molecule has 110 valence electrons. The van der Waals surface area contributed by atoms with Crippen LogP contribution in [0.1, 0.15) is 23.7 Å². The van der Waals surface area contributed by atoms with Crippen LogP contribution in [0.25, 0.3) is 0 Å². The van der Waals surface area contributed by atoms with Crippen LogP contribution in [-0.2, 0) is 6.42 Å². The van der Waals surface area contributed by atoms with Gasteiger partial charge in [0.25, 0.3) is 0 Å². The SMILES string of the molecule is O[C@@H]1C[C@H](Cc2ccc(F)c(F)c2)Oc2ccc(Br)cc21. The van der Waals surface area contributed by atoms with Gasteiger partial charge in [0.15, 0.2) is 11.6 Å². The highest BCUT2D eigenvalue weighted by molar-refractivity contribution is 9.10. The Balaban J connectivity index is 1.79. The summed E-state index contributed by atoms with van der Waals surface area (Å²) in [5.74, 6) is -1.10. The summed E-state index contributed by atoms with van der Waals surface area (Å²) in [6, 6.07) is 9.27. The van der Waals surface area contributed by atoms with Crippen molar-refractivity contribution in [3.63, 3.8) is 0 Å². The molecule has 0 aromatic heterocycles. The van der Waals surface area contributed by atoms with Gasteiger partial charge in [0.1, 0.15) is 11.9 Å². The van der Waals surface area contributed by atoms with Gasteiger partial charge in [-0.1, -0.05) is 22.0 Å². The number of aliphatic hydroxyl groups is 1. The van der Waals surface area contributed by atoms with Gasteiger partial charge in [0.05, 0.1) is 6.10 Å². The Kier molecular flexibility index (Phi) is 3.95. The number of rotatable bonds is 2. The van der Waals surface area contributed by atoms with Gasteiger partial charge in [-0.2, -0.15) is 0 Å². The van der Waals surface area contributed by atoms with Crippen LogP contribution in [0, 0.1) is 11.6 Å². The van der Waals surface area contributed by atoms with Crippen molar-refractivity contribution in [3.05, 3.63) is 63.6 Å². The third-order valence-electron chi connectivity index (χ3n) is 3.56. The number of benzene rings is 2. The zero-order chi connectivity index (χ0) is 15.0. The van der Waals surface area contributed by atoms with Gasteiger partial charge in [0, 0.05) is 22.9 Å². The van der Waals surface area contributed by atoms with Crippen LogP contribution in [0.3, 0.4) is 0 Å². The first-order valence-corrected chi connectivity index (χ1v) is 7.40. The van der Waals surface area contributed by atoms with Gasteiger partial charge in [-0.05, 0) is 35.9 Å². The van der Waals surface area contributed by atoms with Crippen molar-refractivity contribution in [2.24, 2.45) is 0 Å². The van der Waals surface area contributed by atoms with E-state index in [-0.39, 0.29) is 6.10 Å². The Hall–Kier alpha value is -1.46. The van der Waals surface area contributed by atoms with E-state index in [1.165, 1.54) is 12.1 Å². The first-order valence-electron chi connectivity index (χ1n) is 6.61. The molecule has 1 heterocycles. The Morgan fingerprint density at radius 1 is 1.14 bits per heavy atom. The lowest BCUT2D eigenvalue weighted by Gasteiger charge is -2.30. The predicted molar refractivity (Wildman–Crippen MR) is 78.2 cm³/mol. The number of halogens is 3. The molecule has 0 aliphatic carbocycles.